The molecule has 0 aliphatic carbocycles. The molecule has 0 unspecified atom stereocenters. The predicted octanol–water partition coefficient (Wildman–Crippen LogP) is 3.26. The SMILES string of the molecule is Cc1c(C(=O)Nc2nc(CCl)cs2)cc([N+](=O)[O-])cc1[N+](=O)[O-]. The number of nitrogens with one attached hydrogen (secondary N) is 1. The second kappa shape index (κ2) is 6.67. The maximum absolute atomic E-state index is 12.3. The van der Waals surface area contributed by atoms with Crippen molar-refractivity contribution in [3.8, 4) is 0 Å². The van der Waals surface area contributed by atoms with E-state index >= 15 is 0 Å². The largest absolute Gasteiger partial charge is 0.298 e. The Morgan fingerprint density at radius 1 is 1.35 bits per heavy atom. The number of nitro benzene ring substituents is 2. The molecule has 1 aromatic carbocycles. The number of aromatic nitrogens is 1. The molecule has 2 rings (SSSR count). The van der Waals surface area contributed by atoms with Gasteiger partial charge in [0.05, 0.1) is 33.1 Å². The van der Waals surface area contributed by atoms with Crippen LogP contribution in [0.2, 0.25) is 0 Å². The summed E-state index contributed by atoms with van der Waals surface area (Å²) >= 11 is 6.74. The van der Waals surface area contributed by atoms with E-state index < -0.39 is 27.1 Å². The van der Waals surface area contributed by atoms with E-state index in [4.69, 9.17) is 11.6 Å². The van der Waals surface area contributed by atoms with Crippen LogP contribution in [0.3, 0.4) is 0 Å². The van der Waals surface area contributed by atoms with Crippen molar-refractivity contribution < 1.29 is 14.6 Å². The van der Waals surface area contributed by atoms with Crippen LogP contribution in [-0.2, 0) is 5.88 Å². The van der Waals surface area contributed by atoms with E-state index in [2.05, 4.69) is 10.3 Å². The normalized spacial score (nSPS) is 10.3. The second-order valence-corrected chi connectivity index (χ2v) is 5.51. The third kappa shape index (κ3) is 3.60. The van der Waals surface area contributed by atoms with Crippen molar-refractivity contribution >= 4 is 45.4 Å². The number of carbonyl (C=O) groups excluding carboxylic acids is 1. The van der Waals surface area contributed by atoms with Crippen molar-refractivity contribution in [2.75, 3.05) is 5.32 Å². The Kier molecular flexibility index (Phi) is 4.86. The molecule has 0 aliphatic heterocycles. The molecule has 1 heterocycles. The lowest BCUT2D eigenvalue weighted by Gasteiger charge is -2.06. The van der Waals surface area contributed by atoms with Gasteiger partial charge < -0.3 is 0 Å². The van der Waals surface area contributed by atoms with Crippen LogP contribution in [-0.4, -0.2) is 20.7 Å². The fourth-order valence-corrected chi connectivity index (χ4v) is 2.74. The number of amides is 1. The molecule has 0 spiro atoms. The van der Waals surface area contributed by atoms with Crippen LogP contribution in [0.15, 0.2) is 17.5 Å². The van der Waals surface area contributed by atoms with Gasteiger partial charge in [0.25, 0.3) is 17.3 Å². The third-order valence-electron chi connectivity index (χ3n) is 2.93. The number of nitrogens with zero attached hydrogens (tertiary/aromatic N) is 3. The topological polar surface area (TPSA) is 128 Å². The lowest BCUT2D eigenvalue weighted by atomic mass is 10.0. The van der Waals surface area contributed by atoms with Crippen molar-refractivity contribution in [2.45, 2.75) is 12.8 Å². The first-order chi connectivity index (χ1) is 10.8. The smallest absolute Gasteiger partial charge is 0.279 e. The highest BCUT2D eigenvalue weighted by Gasteiger charge is 2.25. The van der Waals surface area contributed by atoms with Crippen LogP contribution >= 0.6 is 22.9 Å². The van der Waals surface area contributed by atoms with Crippen molar-refractivity contribution in [2.24, 2.45) is 0 Å². The summed E-state index contributed by atoms with van der Waals surface area (Å²) < 4.78 is 0. The highest BCUT2D eigenvalue weighted by Crippen LogP contribution is 2.29. The molecular formula is C12H9ClN4O5S. The molecule has 0 radical (unpaired) electrons. The van der Waals surface area contributed by atoms with E-state index in [-0.39, 0.29) is 22.1 Å². The van der Waals surface area contributed by atoms with Crippen LogP contribution in [0.5, 0.6) is 0 Å². The summed E-state index contributed by atoms with van der Waals surface area (Å²) in [4.78, 5) is 36.6. The van der Waals surface area contributed by atoms with Gasteiger partial charge in [-0.3, -0.25) is 30.3 Å². The summed E-state index contributed by atoms with van der Waals surface area (Å²) in [7, 11) is 0. The standard InChI is InChI=1S/C12H9ClN4O5S/c1-6-9(2-8(16(19)20)3-10(6)17(21)22)11(18)15-12-14-7(4-13)5-23-12/h2-3,5H,4H2,1H3,(H,14,15,18). The van der Waals surface area contributed by atoms with Crippen LogP contribution < -0.4 is 5.32 Å². The van der Waals surface area contributed by atoms with E-state index in [0.29, 0.717) is 5.69 Å². The average Bonchev–Trinajstić information content (AvgIpc) is 2.94. The van der Waals surface area contributed by atoms with Gasteiger partial charge in [-0.15, -0.1) is 22.9 Å². The monoisotopic (exact) mass is 356 g/mol. The van der Waals surface area contributed by atoms with Gasteiger partial charge in [-0.1, -0.05) is 0 Å². The first-order valence-corrected chi connectivity index (χ1v) is 7.50. The van der Waals surface area contributed by atoms with Gasteiger partial charge in [0, 0.05) is 17.0 Å². The minimum Gasteiger partial charge on any atom is -0.298 e. The van der Waals surface area contributed by atoms with E-state index in [9.17, 15) is 25.0 Å². The highest BCUT2D eigenvalue weighted by molar-refractivity contribution is 7.14. The molecule has 23 heavy (non-hydrogen) atoms. The molecule has 0 saturated heterocycles. The molecule has 0 fully saturated rings. The quantitative estimate of drug-likeness (QED) is 0.497. The Labute approximate surface area is 138 Å². The Hall–Kier alpha value is -2.59. The van der Waals surface area contributed by atoms with E-state index in [1.165, 1.54) is 6.92 Å². The van der Waals surface area contributed by atoms with Crippen molar-refractivity contribution in [1.82, 2.24) is 4.98 Å². The Bertz CT molecular complexity index is 807. The van der Waals surface area contributed by atoms with Crippen LogP contribution in [0.4, 0.5) is 16.5 Å². The molecule has 9 nitrogen and oxygen atoms in total. The lowest BCUT2D eigenvalue weighted by molar-refractivity contribution is -0.394. The number of halogens is 1. The van der Waals surface area contributed by atoms with Crippen LogP contribution in [0.25, 0.3) is 0 Å². The highest BCUT2D eigenvalue weighted by atomic mass is 35.5. The molecule has 1 N–H and O–H groups in total. The van der Waals surface area contributed by atoms with E-state index in [1.807, 2.05) is 0 Å². The van der Waals surface area contributed by atoms with E-state index in [1.54, 1.807) is 5.38 Å². The molecular weight excluding hydrogens is 348 g/mol. The summed E-state index contributed by atoms with van der Waals surface area (Å²) in [6.07, 6.45) is 0. The molecule has 11 heteroatoms. The first kappa shape index (κ1) is 16.8. The minimum atomic E-state index is -0.793. The first-order valence-electron chi connectivity index (χ1n) is 6.08. The molecule has 1 amide bonds. The molecule has 0 saturated carbocycles. The number of rotatable bonds is 5. The zero-order chi connectivity index (χ0) is 17.1. The summed E-state index contributed by atoms with van der Waals surface area (Å²) in [5.41, 5.74) is -0.590. The number of hydrogen-bond donors (Lipinski definition) is 1. The van der Waals surface area contributed by atoms with Crippen LogP contribution in [0.1, 0.15) is 21.6 Å². The van der Waals surface area contributed by atoms with Crippen molar-refractivity contribution in [1.29, 1.82) is 0 Å². The van der Waals surface area contributed by atoms with Crippen molar-refractivity contribution in [3.05, 3.63) is 54.6 Å². The zero-order valence-electron chi connectivity index (χ0n) is 11.6. The predicted molar refractivity (Wildman–Crippen MR) is 84.1 cm³/mol. The summed E-state index contributed by atoms with van der Waals surface area (Å²) in [6, 6.07) is 1.81. The molecule has 0 aliphatic rings. The summed E-state index contributed by atoms with van der Waals surface area (Å²) in [5.74, 6) is -0.544. The Balaban J connectivity index is 2.42. The van der Waals surface area contributed by atoms with Gasteiger partial charge in [0.2, 0.25) is 0 Å². The van der Waals surface area contributed by atoms with Gasteiger partial charge in [-0.25, -0.2) is 4.98 Å². The molecule has 1 aromatic heterocycles. The molecule has 0 bridgehead atoms. The minimum absolute atomic E-state index is 0.0345. The Morgan fingerprint density at radius 2 is 2.04 bits per heavy atom. The number of anilines is 1. The fourth-order valence-electron chi connectivity index (χ4n) is 1.81. The number of benzene rings is 1. The van der Waals surface area contributed by atoms with Crippen LogP contribution in [0, 0.1) is 27.2 Å². The summed E-state index contributed by atoms with van der Waals surface area (Å²) in [6.45, 7) is 1.35. The number of hydrogen-bond acceptors (Lipinski definition) is 7. The van der Waals surface area contributed by atoms with Crippen molar-refractivity contribution in [3.63, 3.8) is 0 Å². The third-order valence-corrected chi connectivity index (χ3v) is 4.01. The number of non-ortho nitro benzene ring substituents is 1. The molecule has 120 valence electrons. The van der Waals surface area contributed by atoms with Gasteiger partial charge in [-0.05, 0) is 6.92 Å². The molecule has 2 aromatic rings. The summed E-state index contributed by atoms with van der Waals surface area (Å²) in [5, 5.41) is 26.2. The molecule has 0 atom stereocenters. The lowest BCUT2D eigenvalue weighted by Crippen LogP contribution is -2.14. The fraction of sp³-hybridized carbons (Fsp3) is 0.167. The second-order valence-electron chi connectivity index (χ2n) is 4.38. The maximum atomic E-state index is 12.3. The zero-order valence-corrected chi connectivity index (χ0v) is 13.2. The number of carbonyl (C=O) groups is 1. The van der Waals surface area contributed by atoms with E-state index in [0.717, 1.165) is 23.5 Å². The average molecular weight is 357 g/mol. The van der Waals surface area contributed by atoms with Gasteiger partial charge in [0.15, 0.2) is 5.13 Å². The number of nitro groups is 2. The Morgan fingerprint density at radius 3 is 2.57 bits per heavy atom. The van der Waals surface area contributed by atoms with Gasteiger partial charge >= 0.3 is 0 Å². The number of alkyl halides is 1. The van der Waals surface area contributed by atoms with Gasteiger partial charge in [0.1, 0.15) is 0 Å². The number of thiazole rings is 1. The van der Waals surface area contributed by atoms with Gasteiger partial charge in [-0.2, -0.15) is 0 Å². The maximum Gasteiger partial charge on any atom is 0.279 e.